The third-order valence-electron chi connectivity index (χ3n) is 2.39. The van der Waals surface area contributed by atoms with E-state index in [1.165, 1.54) is 6.07 Å². The van der Waals surface area contributed by atoms with Crippen LogP contribution in [-0.4, -0.2) is 16.5 Å². The molecular formula is C13H14FN3. The normalized spacial score (nSPS) is 10.3. The molecule has 0 aliphatic carbocycles. The lowest BCUT2D eigenvalue weighted by Crippen LogP contribution is -2.02. The molecule has 3 nitrogen and oxygen atoms in total. The summed E-state index contributed by atoms with van der Waals surface area (Å²) in [7, 11) is 0. The average Bonchev–Trinajstić information content (AvgIpc) is 2.33. The third kappa shape index (κ3) is 2.58. The summed E-state index contributed by atoms with van der Waals surface area (Å²) < 4.78 is 13.7. The number of nitrogens with one attached hydrogen (secondary N) is 1. The second kappa shape index (κ2) is 4.91. The lowest BCUT2D eigenvalue weighted by molar-refractivity contribution is 0.630. The molecular weight excluding hydrogens is 217 g/mol. The van der Waals surface area contributed by atoms with Crippen molar-refractivity contribution in [2.24, 2.45) is 0 Å². The fourth-order valence-corrected chi connectivity index (χ4v) is 1.59. The van der Waals surface area contributed by atoms with Crippen LogP contribution in [-0.2, 0) is 0 Å². The van der Waals surface area contributed by atoms with Crippen molar-refractivity contribution in [1.29, 1.82) is 0 Å². The number of halogens is 1. The van der Waals surface area contributed by atoms with Gasteiger partial charge in [0.2, 0.25) is 5.95 Å². The van der Waals surface area contributed by atoms with Crippen LogP contribution in [0.25, 0.3) is 11.3 Å². The van der Waals surface area contributed by atoms with Crippen molar-refractivity contribution in [2.45, 2.75) is 13.8 Å². The van der Waals surface area contributed by atoms with E-state index >= 15 is 0 Å². The maximum atomic E-state index is 13.7. The largest absolute Gasteiger partial charge is 0.354 e. The summed E-state index contributed by atoms with van der Waals surface area (Å²) in [5.74, 6) is 0.252. The predicted octanol–water partition coefficient (Wildman–Crippen LogP) is 3.02. The maximum absolute atomic E-state index is 13.7. The molecule has 4 heteroatoms. The Morgan fingerprint density at radius 3 is 2.88 bits per heavy atom. The Labute approximate surface area is 99.7 Å². The highest BCUT2D eigenvalue weighted by molar-refractivity contribution is 5.61. The zero-order chi connectivity index (χ0) is 12.3. The summed E-state index contributed by atoms with van der Waals surface area (Å²) in [5.41, 5.74) is 2.11. The molecule has 0 bridgehead atoms. The molecule has 1 aromatic carbocycles. The summed E-state index contributed by atoms with van der Waals surface area (Å²) >= 11 is 0. The van der Waals surface area contributed by atoms with Crippen molar-refractivity contribution in [1.82, 2.24) is 9.97 Å². The highest BCUT2D eigenvalue weighted by Gasteiger charge is 2.07. The first-order valence-electron chi connectivity index (χ1n) is 5.54. The summed E-state index contributed by atoms with van der Waals surface area (Å²) in [5, 5.41) is 3.01. The van der Waals surface area contributed by atoms with E-state index < -0.39 is 0 Å². The van der Waals surface area contributed by atoms with Crippen molar-refractivity contribution in [3.05, 3.63) is 41.8 Å². The Hall–Kier alpha value is -1.97. The molecule has 17 heavy (non-hydrogen) atoms. The van der Waals surface area contributed by atoms with E-state index in [-0.39, 0.29) is 5.82 Å². The first kappa shape index (κ1) is 11.5. The maximum Gasteiger partial charge on any atom is 0.223 e. The first-order valence-corrected chi connectivity index (χ1v) is 5.54. The number of hydrogen-bond donors (Lipinski definition) is 1. The zero-order valence-corrected chi connectivity index (χ0v) is 9.87. The van der Waals surface area contributed by atoms with Crippen molar-refractivity contribution in [3.8, 4) is 11.3 Å². The van der Waals surface area contributed by atoms with E-state index in [1.54, 1.807) is 24.4 Å². The molecule has 0 aliphatic heterocycles. The third-order valence-corrected chi connectivity index (χ3v) is 2.39. The lowest BCUT2D eigenvalue weighted by Gasteiger charge is -2.06. The molecule has 0 saturated carbocycles. The molecule has 2 rings (SSSR count). The number of aryl methyl sites for hydroxylation is 1. The van der Waals surface area contributed by atoms with E-state index in [0.29, 0.717) is 17.2 Å². The van der Waals surface area contributed by atoms with Crippen molar-refractivity contribution < 1.29 is 4.39 Å². The van der Waals surface area contributed by atoms with Gasteiger partial charge in [-0.15, -0.1) is 0 Å². The minimum Gasteiger partial charge on any atom is -0.354 e. The molecule has 0 spiro atoms. The number of rotatable bonds is 3. The van der Waals surface area contributed by atoms with Crippen LogP contribution in [0.2, 0.25) is 0 Å². The number of nitrogens with zero attached hydrogens (tertiary/aromatic N) is 2. The van der Waals surface area contributed by atoms with Gasteiger partial charge in [0.25, 0.3) is 0 Å². The van der Waals surface area contributed by atoms with Gasteiger partial charge < -0.3 is 5.32 Å². The van der Waals surface area contributed by atoms with E-state index in [2.05, 4.69) is 15.3 Å². The molecule has 0 amide bonds. The topological polar surface area (TPSA) is 37.8 Å². The van der Waals surface area contributed by atoms with Crippen LogP contribution in [0, 0.1) is 12.7 Å². The number of anilines is 1. The Morgan fingerprint density at radius 2 is 2.12 bits per heavy atom. The quantitative estimate of drug-likeness (QED) is 0.882. The van der Waals surface area contributed by atoms with Crippen LogP contribution in [0.3, 0.4) is 0 Å². The van der Waals surface area contributed by atoms with Gasteiger partial charge in [-0.05, 0) is 32.0 Å². The van der Waals surface area contributed by atoms with Gasteiger partial charge in [-0.25, -0.2) is 14.4 Å². The number of benzene rings is 1. The second-order valence-electron chi connectivity index (χ2n) is 3.78. The van der Waals surface area contributed by atoms with Crippen LogP contribution in [0.15, 0.2) is 30.5 Å². The molecule has 0 atom stereocenters. The molecule has 88 valence electrons. The van der Waals surface area contributed by atoms with Crippen LogP contribution in [0.1, 0.15) is 12.5 Å². The highest BCUT2D eigenvalue weighted by Crippen LogP contribution is 2.22. The Kier molecular flexibility index (Phi) is 3.32. The molecule has 0 saturated heterocycles. The SMILES string of the molecule is CCNc1nccc(-c2cc(C)ccc2F)n1. The van der Waals surface area contributed by atoms with Gasteiger partial charge in [0.1, 0.15) is 5.82 Å². The number of aromatic nitrogens is 2. The Bertz CT molecular complexity index is 526. The van der Waals surface area contributed by atoms with Crippen LogP contribution in [0.4, 0.5) is 10.3 Å². The van der Waals surface area contributed by atoms with Gasteiger partial charge in [0, 0.05) is 18.3 Å². The molecule has 0 aliphatic rings. The summed E-state index contributed by atoms with van der Waals surface area (Å²) in [4.78, 5) is 8.33. The van der Waals surface area contributed by atoms with Crippen LogP contribution in [0.5, 0.6) is 0 Å². The first-order chi connectivity index (χ1) is 8.20. The van der Waals surface area contributed by atoms with E-state index in [1.807, 2.05) is 13.8 Å². The van der Waals surface area contributed by atoms with Crippen LogP contribution < -0.4 is 5.32 Å². The van der Waals surface area contributed by atoms with Gasteiger partial charge in [0.05, 0.1) is 5.69 Å². The van der Waals surface area contributed by atoms with Crippen molar-refractivity contribution in [2.75, 3.05) is 11.9 Å². The standard InChI is InChI=1S/C13H14FN3/c1-3-15-13-16-7-6-12(17-13)10-8-9(2)4-5-11(10)14/h4-8H,3H2,1-2H3,(H,15,16,17). The van der Waals surface area contributed by atoms with Crippen molar-refractivity contribution >= 4 is 5.95 Å². The zero-order valence-electron chi connectivity index (χ0n) is 9.87. The smallest absolute Gasteiger partial charge is 0.223 e. The van der Waals surface area contributed by atoms with Gasteiger partial charge in [-0.1, -0.05) is 11.6 Å². The van der Waals surface area contributed by atoms with E-state index in [9.17, 15) is 4.39 Å². The molecule has 2 aromatic rings. The minimum atomic E-state index is -0.267. The molecule has 0 radical (unpaired) electrons. The Balaban J connectivity index is 2.45. The summed E-state index contributed by atoms with van der Waals surface area (Å²) in [6, 6.07) is 6.69. The van der Waals surface area contributed by atoms with Gasteiger partial charge >= 0.3 is 0 Å². The lowest BCUT2D eigenvalue weighted by atomic mass is 10.1. The minimum absolute atomic E-state index is 0.267. The van der Waals surface area contributed by atoms with Gasteiger partial charge in [0.15, 0.2) is 0 Å². The monoisotopic (exact) mass is 231 g/mol. The van der Waals surface area contributed by atoms with Gasteiger partial charge in [-0.2, -0.15) is 0 Å². The molecule has 1 heterocycles. The molecule has 1 N–H and O–H groups in total. The second-order valence-corrected chi connectivity index (χ2v) is 3.78. The predicted molar refractivity (Wildman–Crippen MR) is 66.3 cm³/mol. The Morgan fingerprint density at radius 1 is 1.29 bits per heavy atom. The summed E-state index contributed by atoms with van der Waals surface area (Å²) in [6.45, 7) is 4.62. The summed E-state index contributed by atoms with van der Waals surface area (Å²) in [6.07, 6.45) is 1.63. The van der Waals surface area contributed by atoms with Gasteiger partial charge in [-0.3, -0.25) is 0 Å². The fourth-order valence-electron chi connectivity index (χ4n) is 1.59. The number of hydrogen-bond acceptors (Lipinski definition) is 3. The molecule has 1 aromatic heterocycles. The average molecular weight is 231 g/mol. The van der Waals surface area contributed by atoms with Crippen molar-refractivity contribution in [3.63, 3.8) is 0 Å². The van der Waals surface area contributed by atoms with E-state index in [4.69, 9.17) is 0 Å². The van der Waals surface area contributed by atoms with Crippen LogP contribution >= 0.6 is 0 Å². The van der Waals surface area contributed by atoms with E-state index in [0.717, 1.165) is 12.1 Å². The molecule has 0 fully saturated rings. The fraction of sp³-hybridized carbons (Fsp3) is 0.231. The molecule has 0 unspecified atom stereocenters. The highest BCUT2D eigenvalue weighted by atomic mass is 19.1.